The van der Waals surface area contributed by atoms with Gasteiger partial charge in [0, 0.05) is 67.1 Å². The highest BCUT2D eigenvalue weighted by Crippen LogP contribution is 2.49. The van der Waals surface area contributed by atoms with Crippen LogP contribution in [0.4, 0.5) is 11.4 Å². The predicted molar refractivity (Wildman–Crippen MR) is 152 cm³/mol. The van der Waals surface area contributed by atoms with Crippen LogP contribution >= 0.6 is 11.6 Å². The fourth-order valence-electron chi connectivity index (χ4n) is 5.34. The second-order valence-electron chi connectivity index (χ2n) is 9.83. The first kappa shape index (κ1) is 29.2. The Morgan fingerprint density at radius 3 is 2.35 bits per heavy atom. The molecule has 2 aromatic carbocycles. The standard InChI is InChI=1S/C30H35ClN4O5/c1-5-9-10-24(30(38)40-35-27(36)13-14-28(35)37)34(8-4)20-15-23(31)29-22(18-32)21-12-11-19(33(6-2)7-3)16-25(21)39-26(29)17-20/h11-12,15-17,22,24H,5-10,13-14H2,1-4H3. The number of halogens is 1. The topological polar surface area (TPSA) is 103 Å². The summed E-state index contributed by atoms with van der Waals surface area (Å²) in [5.74, 6) is -1.30. The van der Waals surface area contributed by atoms with Gasteiger partial charge in [0.25, 0.3) is 11.8 Å². The number of hydrogen-bond acceptors (Lipinski definition) is 8. The van der Waals surface area contributed by atoms with Crippen LogP contribution in [0.25, 0.3) is 0 Å². The van der Waals surface area contributed by atoms with Gasteiger partial charge in [-0.25, -0.2) is 4.79 Å². The lowest BCUT2D eigenvalue weighted by Gasteiger charge is -2.34. The third kappa shape index (κ3) is 5.59. The Balaban J connectivity index is 1.71. The molecule has 2 aliphatic rings. The summed E-state index contributed by atoms with van der Waals surface area (Å²) in [6, 6.07) is 11.0. The summed E-state index contributed by atoms with van der Waals surface area (Å²) < 4.78 is 6.36. The van der Waals surface area contributed by atoms with Crippen LogP contribution in [0.15, 0.2) is 30.3 Å². The van der Waals surface area contributed by atoms with Crippen molar-refractivity contribution in [2.75, 3.05) is 29.4 Å². The van der Waals surface area contributed by atoms with Crippen LogP contribution in [0, 0.1) is 11.3 Å². The largest absolute Gasteiger partial charge is 0.456 e. The van der Waals surface area contributed by atoms with Gasteiger partial charge in [0.05, 0.1) is 11.1 Å². The highest BCUT2D eigenvalue weighted by molar-refractivity contribution is 6.32. The predicted octanol–water partition coefficient (Wildman–Crippen LogP) is 5.94. The molecular formula is C30H35ClN4O5. The third-order valence-corrected chi connectivity index (χ3v) is 7.80. The maximum Gasteiger partial charge on any atom is 0.355 e. The number of nitriles is 1. The first-order valence-electron chi connectivity index (χ1n) is 13.9. The van der Waals surface area contributed by atoms with Crippen molar-refractivity contribution >= 4 is 40.8 Å². The van der Waals surface area contributed by atoms with Crippen molar-refractivity contribution in [1.82, 2.24) is 5.06 Å². The van der Waals surface area contributed by atoms with E-state index in [1.165, 1.54) is 0 Å². The lowest BCUT2D eigenvalue weighted by molar-refractivity contribution is -0.198. The Labute approximate surface area is 240 Å². The molecule has 1 fully saturated rings. The molecule has 2 unspecified atom stereocenters. The summed E-state index contributed by atoms with van der Waals surface area (Å²) in [6.07, 6.45) is 2.07. The molecule has 4 rings (SSSR count). The van der Waals surface area contributed by atoms with Gasteiger partial charge in [0.1, 0.15) is 23.5 Å². The molecule has 2 atom stereocenters. The minimum absolute atomic E-state index is 0.0263. The van der Waals surface area contributed by atoms with E-state index in [-0.39, 0.29) is 12.8 Å². The second kappa shape index (κ2) is 12.6. The number of anilines is 2. The Kier molecular flexibility index (Phi) is 9.21. The average molecular weight is 567 g/mol. The van der Waals surface area contributed by atoms with Crippen molar-refractivity contribution in [2.24, 2.45) is 0 Å². The van der Waals surface area contributed by atoms with E-state index in [4.69, 9.17) is 21.2 Å². The molecule has 40 heavy (non-hydrogen) atoms. The molecule has 10 heteroatoms. The first-order valence-corrected chi connectivity index (χ1v) is 14.3. The number of carbonyl (C=O) groups excluding carboxylic acids is 3. The maximum atomic E-state index is 13.3. The molecule has 0 radical (unpaired) electrons. The number of amides is 2. The van der Waals surface area contributed by atoms with E-state index in [2.05, 4.69) is 24.8 Å². The van der Waals surface area contributed by atoms with E-state index >= 15 is 0 Å². The minimum atomic E-state index is -0.767. The molecule has 2 aliphatic heterocycles. The van der Waals surface area contributed by atoms with Crippen molar-refractivity contribution in [1.29, 1.82) is 5.26 Å². The summed E-state index contributed by atoms with van der Waals surface area (Å²) in [7, 11) is 0. The van der Waals surface area contributed by atoms with E-state index in [0.717, 1.165) is 37.2 Å². The van der Waals surface area contributed by atoms with E-state index in [1.807, 2.05) is 36.9 Å². The molecule has 2 aromatic rings. The van der Waals surface area contributed by atoms with Gasteiger partial charge in [-0.05, 0) is 39.3 Å². The number of hydroxylamine groups is 2. The van der Waals surface area contributed by atoms with Crippen LogP contribution in [0.5, 0.6) is 11.5 Å². The Bertz CT molecular complexity index is 1320. The molecule has 0 spiro atoms. The zero-order valence-corrected chi connectivity index (χ0v) is 24.2. The summed E-state index contributed by atoms with van der Waals surface area (Å²) >= 11 is 6.80. The summed E-state index contributed by atoms with van der Waals surface area (Å²) in [5.41, 5.74) is 2.93. The van der Waals surface area contributed by atoms with Crippen LogP contribution in [0.2, 0.25) is 5.02 Å². The summed E-state index contributed by atoms with van der Waals surface area (Å²) in [4.78, 5) is 46.9. The van der Waals surface area contributed by atoms with Crippen molar-refractivity contribution in [3.63, 3.8) is 0 Å². The smallest absolute Gasteiger partial charge is 0.355 e. The number of nitrogens with zero attached hydrogens (tertiary/aromatic N) is 4. The molecule has 0 saturated carbocycles. The van der Waals surface area contributed by atoms with Gasteiger partial charge in [0.2, 0.25) is 0 Å². The number of ether oxygens (including phenoxy) is 1. The lowest BCUT2D eigenvalue weighted by Crippen LogP contribution is -2.46. The van der Waals surface area contributed by atoms with Crippen molar-refractivity contribution in [2.45, 2.75) is 71.8 Å². The first-order chi connectivity index (χ1) is 19.3. The number of fused-ring (bicyclic) bond motifs is 2. The van der Waals surface area contributed by atoms with Gasteiger partial charge >= 0.3 is 5.97 Å². The van der Waals surface area contributed by atoms with Crippen molar-refractivity contribution in [3.05, 3.63) is 46.5 Å². The molecule has 0 N–H and O–H groups in total. The monoisotopic (exact) mass is 566 g/mol. The van der Waals surface area contributed by atoms with E-state index in [0.29, 0.717) is 45.8 Å². The Hall–Kier alpha value is -3.77. The van der Waals surface area contributed by atoms with E-state index < -0.39 is 29.7 Å². The molecule has 0 bridgehead atoms. The van der Waals surface area contributed by atoms with Gasteiger partial charge in [-0.2, -0.15) is 5.26 Å². The number of unbranched alkanes of at least 4 members (excludes halogenated alkanes) is 1. The maximum absolute atomic E-state index is 13.3. The van der Waals surface area contributed by atoms with Crippen molar-refractivity contribution in [3.8, 4) is 17.6 Å². The van der Waals surface area contributed by atoms with Crippen LogP contribution in [0.1, 0.15) is 76.8 Å². The summed E-state index contributed by atoms with van der Waals surface area (Å²) in [5, 5.41) is 11.1. The molecule has 2 amide bonds. The van der Waals surface area contributed by atoms with Crippen LogP contribution in [0.3, 0.4) is 0 Å². The van der Waals surface area contributed by atoms with Gasteiger partial charge in [-0.3, -0.25) is 9.59 Å². The number of hydrogen-bond donors (Lipinski definition) is 0. The van der Waals surface area contributed by atoms with Gasteiger partial charge in [-0.1, -0.05) is 37.4 Å². The van der Waals surface area contributed by atoms with Crippen LogP contribution < -0.4 is 14.5 Å². The fourth-order valence-corrected chi connectivity index (χ4v) is 5.66. The van der Waals surface area contributed by atoms with Crippen LogP contribution in [-0.4, -0.2) is 48.5 Å². The highest BCUT2D eigenvalue weighted by Gasteiger charge is 2.37. The Morgan fingerprint density at radius 1 is 1.07 bits per heavy atom. The molecule has 212 valence electrons. The molecule has 9 nitrogen and oxygen atoms in total. The van der Waals surface area contributed by atoms with E-state index in [9.17, 15) is 19.6 Å². The lowest BCUT2D eigenvalue weighted by atomic mass is 9.88. The third-order valence-electron chi connectivity index (χ3n) is 7.49. The average Bonchev–Trinajstić information content (AvgIpc) is 3.26. The highest BCUT2D eigenvalue weighted by atomic mass is 35.5. The number of benzene rings is 2. The van der Waals surface area contributed by atoms with Gasteiger partial charge < -0.3 is 19.4 Å². The zero-order valence-electron chi connectivity index (χ0n) is 23.4. The number of imide groups is 1. The normalized spacial score (nSPS) is 16.5. The molecular weight excluding hydrogens is 532 g/mol. The van der Waals surface area contributed by atoms with Crippen molar-refractivity contribution < 1.29 is 24.0 Å². The zero-order chi connectivity index (χ0) is 29.0. The summed E-state index contributed by atoms with van der Waals surface area (Å²) in [6.45, 7) is 10.2. The number of carbonyl (C=O) groups is 3. The molecule has 0 aliphatic carbocycles. The molecule has 0 aromatic heterocycles. The fraction of sp³-hybridized carbons (Fsp3) is 0.467. The molecule has 1 saturated heterocycles. The SMILES string of the molecule is CCCCC(C(=O)ON1C(=O)CCC1=O)N(CC)c1cc(Cl)c2c(c1)Oc1cc(N(CC)CC)ccc1C2C#N. The quantitative estimate of drug-likeness (QED) is 0.308. The minimum Gasteiger partial charge on any atom is -0.456 e. The van der Waals surface area contributed by atoms with Gasteiger partial charge in [-0.15, -0.1) is 5.06 Å². The number of rotatable bonds is 11. The number of likely N-dealkylation sites (N-methyl/N-ethyl adjacent to an activating group) is 1. The Morgan fingerprint density at radius 2 is 1.75 bits per heavy atom. The van der Waals surface area contributed by atoms with E-state index in [1.54, 1.807) is 12.1 Å². The van der Waals surface area contributed by atoms with Crippen LogP contribution in [-0.2, 0) is 19.2 Å². The molecule has 2 heterocycles. The van der Waals surface area contributed by atoms with Gasteiger partial charge in [0.15, 0.2) is 0 Å². The second-order valence-corrected chi connectivity index (χ2v) is 10.2.